The van der Waals surface area contributed by atoms with Gasteiger partial charge in [0, 0.05) is 6.54 Å². The van der Waals surface area contributed by atoms with E-state index in [-0.39, 0.29) is 11.8 Å². The number of ether oxygens (including phenoxy) is 1. The van der Waals surface area contributed by atoms with Crippen LogP contribution in [-0.4, -0.2) is 32.1 Å². The van der Waals surface area contributed by atoms with E-state index in [1.165, 1.54) is 0 Å². The molecule has 0 aromatic heterocycles. The molecule has 1 heterocycles. The maximum absolute atomic E-state index is 11.9. The zero-order chi connectivity index (χ0) is 12.8. The topological polar surface area (TPSA) is 50.4 Å². The first-order valence-electron chi connectivity index (χ1n) is 6.43. The van der Waals surface area contributed by atoms with Crippen molar-refractivity contribution in [2.75, 3.05) is 26.2 Å². The number of carbonyl (C=O) groups is 1. The molecule has 1 saturated heterocycles. The Morgan fingerprint density at radius 1 is 1.39 bits per heavy atom. The molecule has 0 bridgehead atoms. The lowest BCUT2D eigenvalue weighted by Gasteiger charge is -2.14. The minimum Gasteiger partial charge on any atom is -0.492 e. The second-order valence-electron chi connectivity index (χ2n) is 4.69. The molecule has 2 rings (SSSR count). The third kappa shape index (κ3) is 3.47. The first-order valence-corrected chi connectivity index (χ1v) is 6.43. The fraction of sp³-hybridized carbons (Fsp3) is 0.500. The van der Waals surface area contributed by atoms with Crippen molar-refractivity contribution in [1.29, 1.82) is 0 Å². The third-order valence-electron chi connectivity index (χ3n) is 3.27. The summed E-state index contributed by atoms with van der Waals surface area (Å²) in [6.07, 6.45) is 0. The third-order valence-corrected chi connectivity index (χ3v) is 3.27. The smallest absolute Gasteiger partial charge is 0.224 e. The molecule has 0 aliphatic carbocycles. The first kappa shape index (κ1) is 12.9. The second kappa shape index (κ2) is 6.40. The number of hydrogen-bond acceptors (Lipinski definition) is 3. The van der Waals surface area contributed by atoms with Gasteiger partial charge >= 0.3 is 0 Å². The molecule has 1 aromatic rings. The molecule has 1 amide bonds. The average molecular weight is 248 g/mol. The van der Waals surface area contributed by atoms with Gasteiger partial charge in [0.05, 0.1) is 12.5 Å². The number of carbonyl (C=O) groups excluding carboxylic acids is 1. The highest BCUT2D eigenvalue weighted by Gasteiger charge is 2.28. The molecular weight excluding hydrogens is 228 g/mol. The van der Waals surface area contributed by atoms with Crippen LogP contribution in [0.5, 0.6) is 5.75 Å². The minimum atomic E-state index is 0.0988. The normalized spacial score (nSPS) is 22.7. The maximum atomic E-state index is 11.9. The van der Waals surface area contributed by atoms with E-state index in [9.17, 15) is 4.79 Å². The molecule has 98 valence electrons. The fourth-order valence-corrected chi connectivity index (χ4v) is 2.15. The lowest BCUT2D eigenvalue weighted by atomic mass is 9.97. The summed E-state index contributed by atoms with van der Waals surface area (Å²) in [5.41, 5.74) is 0. The molecule has 0 spiro atoms. The SMILES string of the molecule is C[C@@H]1CNC[C@H]1C(=O)NCCOc1ccccc1. The zero-order valence-electron chi connectivity index (χ0n) is 10.7. The van der Waals surface area contributed by atoms with Gasteiger partial charge in [-0.3, -0.25) is 4.79 Å². The number of rotatable bonds is 5. The van der Waals surface area contributed by atoms with Crippen LogP contribution in [0, 0.1) is 11.8 Å². The van der Waals surface area contributed by atoms with Gasteiger partial charge in [-0.05, 0) is 24.6 Å². The van der Waals surface area contributed by atoms with Crippen molar-refractivity contribution in [3.8, 4) is 5.75 Å². The Labute approximate surface area is 108 Å². The van der Waals surface area contributed by atoms with E-state index in [0.717, 1.165) is 18.8 Å². The van der Waals surface area contributed by atoms with Crippen molar-refractivity contribution >= 4 is 5.91 Å². The molecule has 1 fully saturated rings. The van der Waals surface area contributed by atoms with Crippen LogP contribution >= 0.6 is 0 Å². The number of hydrogen-bond donors (Lipinski definition) is 2. The van der Waals surface area contributed by atoms with Gasteiger partial charge in [-0.1, -0.05) is 25.1 Å². The Hall–Kier alpha value is -1.55. The van der Waals surface area contributed by atoms with Gasteiger partial charge < -0.3 is 15.4 Å². The monoisotopic (exact) mass is 248 g/mol. The number of para-hydroxylation sites is 1. The van der Waals surface area contributed by atoms with Gasteiger partial charge in [0.25, 0.3) is 0 Å². The molecule has 0 unspecified atom stereocenters. The van der Waals surface area contributed by atoms with Gasteiger partial charge in [-0.2, -0.15) is 0 Å². The van der Waals surface area contributed by atoms with Crippen LogP contribution in [0.1, 0.15) is 6.92 Å². The summed E-state index contributed by atoms with van der Waals surface area (Å²) in [5, 5.41) is 6.15. The van der Waals surface area contributed by atoms with Crippen molar-refractivity contribution in [3.05, 3.63) is 30.3 Å². The predicted molar refractivity (Wildman–Crippen MR) is 70.5 cm³/mol. The Morgan fingerprint density at radius 3 is 2.83 bits per heavy atom. The van der Waals surface area contributed by atoms with Crippen molar-refractivity contribution in [2.24, 2.45) is 11.8 Å². The fourth-order valence-electron chi connectivity index (χ4n) is 2.15. The summed E-state index contributed by atoms with van der Waals surface area (Å²) in [5.74, 6) is 1.48. The number of benzene rings is 1. The van der Waals surface area contributed by atoms with E-state index in [4.69, 9.17) is 4.74 Å². The van der Waals surface area contributed by atoms with Gasteiger partial charge in [0.1, 0.15) is 12.4 Å². The molecule has 2 N–H and O–H groups in total. The molecule has 1 aliphatic heterocycles. The van der Waals surface area contributed by atoms with Crippen molar-refractivity contribution in [3.63, 3.8) is 0 Å². The summed E-state index contributed by atoms with van der Waals surface area (Å²) in [6.45, 7) is 4.87. The number of amides is 1. The zero-order valence-corrected chi connectivity index (χ0v) is 10.7. The molecule has 2 atom stereocenters. The molecule has 0 radical (unpaired) electrons. The van der Waals surface area contributed by atoms with Gasteiger partial charge in [-0.25, -0.2) is 0 Å². The van der Waals surface area contributed by atoms with Gasteiger partial charge in [0.15, 0.2) is 0 Å². The van der Waals surface area contributed by atoms with E-state index in [1.807, 2.05) is 30.3 Å². The Kier molecular flexibility index (Phi) is 4.59. The highest BCUT2D eigenvalue weighted by molar-refractivity contribution is 5.79. The average Bonchev–Trinajstić information content (AvgIpc) is 2.82. The maximum Gasteiger partial charge on any atom is 0.224 e. The number of nitrogens with one attached hydrogen (secondary N) is 2. The Morgan fingerprint density at radius 2 is 2.17 bits per heavy atom. The van der Waals surface area contributed by atoms with Crippen molar-refractivity contribution in [1.82, 2.24) is 10.6 Å². The van der Waals surface area contributed by atoms with Crippen LogP contribution in [0.4, 0.5) is 0 Å². The lowest BCUT2D eigenvalue weighted by Crippen LogP contribution is -2.36. The standard InChI is InChI=1S/C14H20N2O2/c1-11-9-15-10-13(11)14(17)16-7-8-18-12-5-3-2-4-6-12/h2-6,11,13,15H,7-10H2,1H3,(H,16,17)/t11-,13-/m1/s1. The van der Waals surface area contributed by atoms with E-state index in [0.29, 0.717) is 19.1 Å². The highest BCUT2D eigenvalue weighted by atomic mass is 16.5. The molecule has 0 saturated carbocycles. The summed E-state index contributed by atoms with van der Waals surface area (Å²) < 4.78 is 5.52. The van der Waals surface area contributed by atoms with Crippen LogP contribution in [0.25, 0.3) is 0 Å². The summed E-state index contributed by atoms with van der Waals surface area (Å²) in [7, 11) is 0. The Balaban J connectivity index is 1.65. The van der Waals surface area contributed by atoms with Crippen LogP contribution in [0.2, 0.25) is 0 Å². The van der Waals surface area contributed by atoms with Crippen LogP contribution in [-0.2, 0) is 4.79 Å². The minimum absolute atomic E-state index is 0.0988. The molecule has 1 aromatic carbocycles. The van der Waals surface area contributed by atoms with Crippen LogP contribution in [0.15, 0.2) is 30.3 Å². The van der Waals surface area contributed by atoms with Gasteiger partial charge in [-0.15, -0.1) is 0 Å². The van der Waals surface area contributed by atoms with E-state index >= 15 is 0 Å². The van der Waals surface area contributed by atoms with Crippen LogP contribution in [0.3, 0.4) is 0 Å². The van der Waals surface area contributed by atoms with E-state index in [2.05, 4.69) is 17.6 Å². The summed E-state index contributed by atoms with van der Waals surface area (Å²) in [4.78, 5) is 11.9. The molecular formula is C14H20N2O2. The quantitative estimate of drug-likeness (QED) is 0.765. The van der Waals surface area contributed by atoms with Crippen molar-refractivity contribution < 1.29 is 9.53 Å². The van der Waals surface area contributed by atoms with Crippen molar-refractivity contribution in [2.45, 2.75) is 6.92 Å². The summed E-state index contributed by atoms with van der Waals surface area (Å²) >= 11 is 0. The molecule has 4 heteroatoms. The Bertz CT molecular complexity index is 381. The molecule has 1 aliphatic rings. The predicted octanol–water partition coefficient (Wildman–Crippen LogP) is 1.04. The van der Waals surface area contributed by atoms with E-state index < -0.39 is 0 Å². The van der Waals surface area contributed by atoms with Crippen LogP contribution < -0.4 is 15.4 Å². The molecule has 4 nitrogen and oxygen atoms in total. The van der Waals surface area contributed by atoms with E-state index in [1.54, 1.807) is 0 Å². The first-order chi connectivity index (χ1) is 8.77. The van der Waals surface area contributed by atoms with Gasteiger partial charge in [0.2, 0.25) is 5.91 Å². The summed E-state index contributed by atoms with van der Waals surface area (Å²) in [6, 6.07) is 9.62. The molecule has 18 heavy (non-hydrogen) atoms. The second-order valence-corrected chi connectivity index (χ2v) is 4.69. The largest absolute Gasteiger partial charge is 0.492 e. The lowest BCUT2D eigenvalue weighted by molar-refractivity contribution is -0.125. The highest BCUT2D eigenvalue weighted by Crippen LogP contribution is 2.15.